The molecule has 2 heterocycles. The fourth-order valence-corrected chi connectivity index (χ4v) is 3.68. The van der Waals surface area contributed by atoms with Crippen molar-refractivity contribution in [1.29, 1.82) is 0 Å². The molecule has 0 spiro atoms. The Balaban J connectivity index is 1.79. The van der Waals surface area contributed by atoms with Gasteiger partial charge >= 0.3 is 0 Å². The standard InChI is InChI=1S/C19H18N4O4S/c1-24-13-7-5-11(6-8-13)17-20-21-19-23(17)22-18(28-19)12-9-14(25-2)16(27-4)15(10-12)26-3/h5-10H,1-4H3. The molecule has 0 aliphatic carbocycles. The summed E-state index contributed by atoms with van der Waals surface area (Å²) < 4.78 is 23.2. The zero-order valence-corrected chi connectivity index (χ0v) is 16.6. The number of hydrogen-bond acceptors (Lipinski definition) is 8. The predicted molar refractivity (Wildman–Crippen MR) is 106 cm³/mol. The normalized spacial score (nSPS) is 10.9. The molecule has 0 N–H and O–H groups in total. The minimum atomic E-state index is 0.538. The predicted octanol–water partition coefficient (Wildman–Crippen LogP) is 3.55. The Bertz CT molecular complexity index is 1100. The maximum absolute atomic E-state index is 5.44. The molecule has 0 unspecified atom stereocenters. The highest BCUT2D eigenvalue weighted by Crippen LogP contribution is 2.42. The van der Waals surface area contributed by atoms with Crippen LogP contribution in [0.1, 0.15) is 0 Å². The van der Waals surface area contributed by atoms with Crippen LogP contribution in [-0.2, 0) is 0 Å². The lowest BCUT2D eigenvalue weighted by molar-refractivity contribution is 0.324. The van der Waals surface area contributed by atoms with E-state index in [1.165, 1.54) is 11.3 Å². The number of ether oxygens (including phenoxy) is 4. The van der Waals surface area contributed by atoms with Gasteiger partial charge in [0.15, 0.2) is 17.3 Å². The molecule has 0 radical (unpaired) electrons. The average molecular weight is 398 g/mol. The van der Waals surface area contributed by atoms with E-state index in [1.54, 1.807) is 33.0 Å². The van der Waals surface area contributed by atoms with Crippen molar-refractivity contribution in [3.8, 4) is 45.0 Å². The summed E-state index contributed by atoms with van der Waals surface area (Å²) in [7, 11) is 6.38. The van der Waals surface area contributed by atoms with Gasteiger partial charge in [0, 0.05) is 11.1 Å². The SMILES string of the molecule is COc1ccc(-c2nnc3sc(-c4cc(OC)c(OC)c(OC)c4)nn23)cc1. The van der Waals surface area contributed by atoms with E-state index in [1.807, 2.05) is 36.4 Å². The fourth-order valence-electron chi connectivity index (χ4n) is 2.86. The van der Waals surface area contributed by atoms with Crippen molar-refractivity contribution in [1.82, 2.24) is 19.8 Å². The van der Waals surface area contributed by atoms with Gasteiger partial charge in [0.05, 0.1) is 28.4 Å². The number of fused-ring (bicyclic) bond motifs is 1. The first-order chi connectivity index (χ1) is 13.7. The van der Waals surface area contributed by atoms with Crippen molar-refractivity contribution in [2.75, 3.05) is 28.4 Å². The Morgan fingerprint density at radius 2 is 1.46 bits per heavy atom. The molecule has 0 bridgehead atoms. The van der Waals surface area contributed by atoms with Crippen molar-refractivity contribution in [2.45, 2.75) is 0 Å². The number of benzene rings is 2. The first kappa shape index (κ1) is 18.1. The number of aromatic nitrogens is 4. The number of nitrogens with zero attached hydrogens (tertiary/aromatic N) is 4. The van der Waals surface area contributed by atoms with Crippen LogP contribution in [0.4, 0.5) is 0 Å². The van der Waals surface area contributed by atoms with E-state index in [0.717, 1.165) is 21.9 Å². The lowest BCUT2D eigenvalue weighted by atomic mass is 10.2. The van der Waals surface area contributed by atoms with Crippen molar-refractivity contribution in [3.63, 3.8) is 0 Å². The van der Waals surface area contributed by atoms with E-state index in [9.17, 15) is 0 Å². The summed E-state index contributed by atoms with van der Waals surface area (Å²) in [5.74, 6) is 3.11. The smallest absolute Gasteiger partial charge is 0.235 e. The maximum Gasteiger partial charge on any atom is 0.235 e. The van der Waals surface area contributed by atoms with Crippen LogP contribution in [0, 0.1) is 0 Å². The van der Waals surface area contributed by atoms with Gasteiger partial charge in [-0.15, -0.1) is 10.2 Å². The molecule has 4 rings (SSSR count). The van der Waals surface area contributed by atoms with E-state index in [-0.39, 0.29) is 0 Å². The van der Waals surface area contributed by atoms with Crippen molar-refractivity contribution in [3.05, 3.63) is 36.4 Å². The molecule has 0 saturated heterocycles. The highest BCUT2D eigenvalue weighted by Gasteiger charge is 2.19. The summed E-state index contributed by atoms with van der Waals surface area (Å²) >= 11 is 1.43. The fraction of sp³-hybridized carbons (Fsp3) is 0.211. The van der Waals surface area contributed by atoms with Gasteiger partial charge in [-0.05, 0) is 36.4 Å². The van der Waals surface area contributed by atoms with Crippen LogP contribution in [0.2, 0.25) is 0 Å². The maximum atomic E-state index is 5.44. The molecule has 8 nitrogen and oxygen atoms in total. The largest absolute Gasteiger partial charge is 0.497 e. The molecule has 9 heteroatoms. The van der Waals surface area contributed by atoms with E-state index in [4.69, 9.17) is 24.0 Å². The molecule has 4 aromatic rings. The van der Waals surface area contributed by atoms with E-state index in [0.29, 0.717) is 28.0 Å². The monoisotopic (exact) mass is 398 g/mol. The van der Waals surface area contributed by atoms with Crippen LogP contribution < -0.4 is 18.9 Å². The Labute approximate surface area is 165 Å². The minimum Gasteiger partial charge on any atom is -0.497 e. The summed E-state index contributed by atoms with van der Waals surface area (Å²) in [6, 6.07) is 11.3. The van der Waals surface area contributed by atoms with E-state index in [2.05, 4.69) is 10.2 Å². The molecular formula is C19H18N4O4S. The summed E-state index contributed by atoms with van der Waals surface area (Å²) in [5.41, 5.74) is 1.74. The molecule has 144 valence electrons. The van der Waals surface area contributed by atoms with Gasteiger partial charge in [-0.3, -0.25) is 0 Å². The molecule has 0 amide bonds. The quantitative estimate of drug-likeness (QED) is 0.491. The Hall–Kier alpha value is -3.33. The van der Waals surface area contributed by atoms with Gasteiger partial charge in [-0.2, -0.15) is 9.61 Å². The second-order valence-corrected chi connectivity index (χ2v) is 6.72. The zero-order valence-electron chi connectivity index (χ0n) is 15.8. The molecule has 0 aliphatic heterocycles. The lowest BCUT2D eigenvalue weighted by Gasteiger charge is -2.13. The first-order valence-corrected chi connectivity index (χ1v) is 9.17. The summed E-state index contributed by atoms with van der Waals surface area (Å²) in [6.45, 7) is 0. The Morgan fingerprint density at radius 1 is 0.786 bits per heavy atom. The van der Waals surface area contributed by atoms with Crippen LogP contribution in [0.15, 0.2) is 36.4 Å². The average Bonchev–Trinajstić information content (AvgIpc) is 3.33. The highest BCUT2D eigenvalue weighted by molar-refractivity contribution is 7.19. The topological polar surface area (TPSA) is 80.0 Å². The second kappa shape index (κ2) is 7.35. The number of methoxy groups -OCH3 is 4. The van der Waals surface area contributed by atoms with Gasteiger partial charge < -0.3 is 18.9 Å². The second-order valence-electron chi connectivity index (χ2n) is 5.77. The molecule has 2 aromatic heterocycles. The third kappa shape index (κ3) is 2.99. The van der Waals surface area contributed by atoms with Crippen LogP contribution in [0.25, 0.3) is 26.9 Å². The first-order valence-electron chi connectivity index (χ1n) is 8.35. The molecular weight excluding hydrogens is 380 g/mol. The minimum absolute atomic E-state index is 0.538. The van der Waals surface area contributed by atoms with Crippen LogP contribution >= 0.6 is 11.3 Å². The van der Waals surface area contributed by atoms with E-state index >= 15 is 0 Å². The molecule has 0 fully saturated rings. The van der Waals surface area contributed by atoms with Gasteiger partial charge in [0.1, 0.15) is 10.8 Å². The van der Waals surface area contributed by atoms with Crippen molar-refractivity contribution in [2.24, 2.45) is 0 Å². The lowest BCUT2D eigenvalue weighted by Crippen LogP contribution is -1.96. The van der Waals surface area contributed by atoms with Crippen molar-refractivity contribution < 1.29 is 18.9 Å². The van der Waals surface area contributed by atoms with E-state index < -0.39 is 0 Å². The Morgan fingerprint density at radius 3 is 2.04 bits per heavy atom. The number of hydrogen-bond donors (Lipinski definition) is 0. The van der Waals surface area contributed by atoms with Gasteiger partial charge in [-0.25, -0.2) is 0 Å². The van der Waals surface area contributed by atoms with Crippen LogP contribution in [-0.4, -0.2) is 48.3 Å². The van der Waals surface area contributed by atoms with Gasteiger partial charge in [0.2, 0.25) is 10.7 Å². The Kier molecular flexibility index (Phi) is 4.74. The zero-order chi connectivity index (χ0) is 19.7. The molecule has 0 saturated carbocycles. The summed E-state index contributed by atoms with van der Waals surface area (Å²) in [5, 5.41) is 14.0. The molecule has 0 atom stereocenters. The van der Waals surface area contributed by atoms with Gasteiger partial charge in [0.25, 0.3) is 0 Å². The third-order valence-electron chi connectivity index (χ3n) is 4.25. The summed E-state index contributed by atoms with van der Waals surface area (Å²) in [6.07, 6.45) is 0. The van der Waals surface area contributed by atoms with Crippen LogP contribution in [0.3, 0.4) is 0 Å². The number of rotatable bonds is 6. The van der Waals surface area contributed by atoms with Crippen molar-refractivity contribution >= 4 is 16.3 Å². The van der Waals surface area contributed by atoms with Gasteiger partial charge in [-0.1, -0.05) is 11.3 Å². The molecule has 28 heavy (non-hydrogen) atoms. The summed E-state index contributed by atoms with van der Waals surface area (Å²) in [4.78, 5) is 0.689. The molecule has 0 aliphatic rings. The third-order valence-corrected chi connectivity index (χ3v) is 5.20. The molecule has 2 aromatic carbocycles. The van der Waals surface area contributed by atoms with Crippen LogP contribution in [0.5, 0.6) is 23.0 Å². The highest BCUT2D eigenvalue weighted by atomic mass is 32.1.